The molecule has 1 radical (unpaired) electrons. The fraction of sp³-hybridized carbons (Fsp3) is 0.222. The number of benzene rings is 1. The Labute approximate surface area is 76.8 Å². The van der Waals surface area contributed by atoms with Gasteiger partial charge in [0.15, 0.2) is 0 Å². The molecule has 0 atom stereocenters. The smallest absolute Gasteiger partial charge is 0.0208 e. The standard InChI is InChI=1S/C9H11S2/c1-7-4-5-8(10-2)9(6-7)11-3/h4-6H,1H2,2-3H3. The minimum absolute atomic E-state index is 1.09. The molecule has 0 fully saturated rings. The van der Waals surface area contributed by atoms with Crippen molar-refractivity contribution in [2.24, 2.45) is 0 Å². The SMILES string of the molecule is [CH2]c1ccc(SC)c(SC)c1. The third-order valence-electron chi connectivity index (χ3n) is 1.45. The summed E-state index contributed by atoms with van der Waals surface area (Å²) < 4.78 is 0. The van der Waals surface area contributed by atoms with Crippen LogP contribution in [0.25, 0.3) is 0 Å². The second kappa shape index (κ2) is 4.07. The van der Waals surface area contributed by atoms with Crippen LogP contribution in [-0.4, -0.2) is 12.5 Å². The maximum Gasteiger partial charge on any atom is 0.0208 e. The number of hydrogen-bond acceptors (Lipinski definition) is 2. The van der Waals surface area contributed by atoms with Gasteiger partial charge in [0.25, 0.3) is 0 Å². The highest BCUT2D eigenvalue weighted by Crippen LogP contribution is 2.28. The van der Waals surface area contributed by atoms with Gasteiger partial charge in [-0.3, -0.25) is 0 Å². The van der Waals surface area contributed by atoms with Crippen molar-refractivity contribution >= 4 is 23.5 Å². The first kappa shape index (κ1) is 9.01. The fourth-order valence-electron chi connectivity index (χ4n) is 0.881. The summed E-state index contributed by atoms with van der Waals surface area (Å²) >= 11 is 3.55. The molecule has 0 aliphatic heterocycles. The normalized spacial score (nSPS) is 10.1. The third-order valence-corrected chi connectivity index (χ3v) is 3.15. The highest BCUT2D eigenvalue weighted by Gasteiger charge is 1.98. The first-order valence-corrected chi connectivity index (χ1v) is 5.77. The summed E-state index contributed by atoms with van der Waals surface area (Å²) in [5.74, 6) is 0. The third kappa shape index (κ3) is 2.17. The number of hydrogen-bond donors (Lipinski definition) is 0. The monoisotopic (exact) mass is 183 g/mol. The Bertz CT molecular complexity index is 243. The van der Waals surface area contributed by atoms with Gasteiger partial charge in [0.1, 0.15) is 0 Å². The van der Waals surface area contributed by atoms with Crippen LogP contribution in [0.2, 0.25) is 0 Å². The molecule has 0 bridgehead atoms. The lowest BCUT2D eigenvalue weighted by Crippen LogP contribution is -1.78. The van der Waals surface area contributed by atoms with E-state index in [-0.39, 0.29) is 0 Å². The molecule has 0 aliphatic carbocycles. The molecular weight excluding hydrogens is 172 g/mol. The van der Waals surface area contributed by atoms with Gasteiger partial charge in [-0.15, -0.1) is 23.5 Å². The average Bonchev–Trinajstić information content (AvgIpc) is 2.04. The average molecular weight is 183 g/mol. The van der Waals surface area contributed by atoms with E-state index in [1.54, 1.807) is 23.5 Å². The van der Waals surface area contributed by atoms with E-state index in [0.29, 0.717) is 0 Å². The van der Waals surface area contributed by atoms with Crippen LogP contribution in [0.15, 0.2) is 28.0 Å². The van der Waals surface area contributed by atoms with Gasteiger partial charge in [0.05, 0.1) is 0 Å². The van der Waals surface area contributed by atoms with Crippen LogP contribution in [0.5, 0.6) is 0 Å². The molecule has 0 N–H and O–H groups in total. The lowest BCUT2D eigenvalue weighted by Gasteiger charge is -2.04. The van der Waals surface area contributed by atoms with Crippen LogP contribution in [-0.2, 0) is 0 Å². The van der Waals surface area contributed by atoms with Crippen LogP contribution in [0.3, 0.4) is 0 Å². The molecule has 0 saturated carbocycles. The van der Waals surface area contributed by atoms with Gasteiger partial charge in [-0.05, 0) is 37.1 Å². The fourth-order valence-corrected chi connectivity index (χ4v) is 2.38. The van der Waals surface area contributed by atoms with Gasteiger partial charge in [0.2, 0.25) is 0 Å². The van der Waals surface area contributed by atoms with Crippen molar-refractivity contribution in [3.63, 3.8) is 0 Å². The summed E-state index contributed by atoms with van der Waals surface area (Å²) in [7, 11) is 0. The summed E-state index contributed by atoms with van der Waals surface area (Å²) in [5.41, 5.74) is 1.09. The quantitative estimate of drug-likeness (QED) is 0.645. The first-order chi connectivity index (χ1) is 5.27. The van der Waals surface area contributed by atoms with Crippen molar-refractivity contribution in [3.05, 3.63) is 30.7 Å². The summed E-state index contributed by atoms with van der Waals surface area (Å²) in [4.78, 5) is 2.66. The van der Waals surface area contributed by atoms with Crippen molar-refractivity contribution in [1.82, 2.24) is 0 Å². The van der Waals surface area contributed by atoms with Crippen LogP contribution < -0.4 is 0 Å². The molecule has 0 unspecified atom stereocenters. The van der Waals surface area contributed by atoms with E-state index >= 15 is 0 Å². The van der Waals surface area contributed by atoms with Crippen molar-refractivity contribution in [3.8, 4) is 0 Å². The largest absolute Gasteiger partial charge is 0.128 e. The molecule has 1 rings (SSSR count). The van der Waals surface area contributed by atoms with E-state index in [9.17, 15) is 0 Å². The maximum absolute atomic E-state index is 3.88. The van der Waals surface area contributed by atoms with E-state index < -0.39 is 0 Å². The Hall–Kier alpha value is -0.0800. The molecule has 0 heterocycles. The molecule has 0 aromatic heterocycles. The van der Waals surface area contributed by atoms with E-state index in [0.717, 1.165) is 5.56 Å². The lowest BCUT2D eigenvalue weighted by atomic mass is 10.2. The minimum atomic E-state index is 1.09. The van der Waals surface area contributed by atoms with Gasteiger partial charge in [0, 0.05) is 9.79 Å². The highest BCUT2D eigenvalue weighted by atomic mass is 32.2. The summed E-state index contributed by atoms with van der Waals surface area (Å²) in [5, 5.41) is 0. The van der Waals surface area contributed by atoms with Crippen molar-refractivity contribution in [1.29, 1.82) is 0 Å². The van der Waals surface area contributed by atoms with Gasteiger partial charge in [-0.2, -0.15) is 0 Å². The molecule has 0 nitrogen and oxygen atoms in total. The molecule has 1 aromatic rings. The van der Waals surface area contributed by atoms with Crippen LogP contribution in [0.4, 0.5) is 0 Å². The molecule has 0 saturated heterocycles. The van der Waals surface area contributed by atoms with E-state index in [2.05, 4.69) is 31.6 Å². The predicted molar refractivity (Wildman–Crippen MR) is 54.5 cm³/mol. The molecule has 0 aliphatic rings. The van der Waals surface area contributed by atoms with Gasteiger partial charge in [-0.25, -0.2) is 0 Å². The molecule has 2 heteroatoms. The van der Waals surface area contributed by atoms with Crippen LogP contribution in [0.1, 0.15) is 5.56 Å². The molecule has 11 heavy (non-hydrogen) atoms. The molecule has 0 amide bonds. The zero-order valence-corrected chi connectivity index (χ0v) is 8.39. The van der Waals surface area contributed by atoms with Crippen molar-refractivity contribution in [2.75, 3.05) is 12.5 Å². The van der Waals surface area contributed by atoms with E-state index in [4.69, 9.17) is 0 Å². The molecule has 59 valence electrons. The lowest BCUT2D eigenvalue weighted by molar-refractivity contribution is 1.24. The topological polar surface area (TPSA) is 0 Å². The Morgan fingerprint density at radius 3 is 2.27 bits per heavy atom. The summed E-state index contributed by atoms with van der Waals surface area (Å²) in [6.45, 7) is 3.88. The van der Waals surface area contributed by atoms with Crippen LogP contribution in [0, 0.1) is 6.92 Å². The van der Waals surface area contributed by atoms with Crippen molar-refractivity contribution in [2.45, 2.75) is 9.79 Å². The minimum Gasteiger partial charge on any atom is -0.128 e. The Kier molecular flexibility index (Phi) is 3.34. The zero-order chi connectivity index (χ0) is 8.27. The van der Waals surface area contributed by atoms with Gasteiger partial charge in [-0.1, -0.05) is 6.07 Å². The predicted octanol–water partition coefficient (Wildman–Crippen LogP) is 3.31. The van der Waals surface area contributed by atoms with Crippen LogP contribution >= 0.6 is 23.5 Å². The molecular formula is C9H11S2. The summed E-state index contributed by atoms with van der Waals surface area (Å²) in [6.07, 6.45) is 4.19. The number of rotatable bonds is 2. The van der Waals surface area contributed by atoms with Gasteiger partial charge < -0.3 is 0 Å². The Morgan fingerprint density at radius 2 is 1.73 bits per heavy atom. The van der Waals surface area contributed by atoms with Gasteiger partial charge >= 0.3 is 0 Å². The first-order valence-electron chi connectivity index (χ1n) is 3.32. The Balaban J connectivity index is 3.06. The molecule has 0 spiro atoms. The maximum atomic E-state index is 3.88. The highest BCUT2D eigenvalue weighted by molar-refractivity contribution is 8.01. The summed E-state index contributed by atoms with van der Waals surface area (Å²) in [6, 6.07) is 6.29. The van der Waals surface area contributed by atoms with E-state index in [1.807, 2.05) is 6.07 Å². The second-order valence-electron chi connectivity index (χ2n) is 2.19. The second-order valence-corrected chi connectivity index (χ2v) is 3.89. The Morgan fingerprint density at radius 1 is 1.09 bits per heavy atom. The van der Waals surface area contributed by atoms with Crippen molar-refractivity contribution < 1.29 is 0 Å². The zero-order valence-electron chi connectivity index (χ0n) is 6.76. The number of thioether (sulfide) groups is 2. The molecule has 1 aromatic carbocycles. The van der Waals surface area contributed by atoms with E-state index in [1.165, 1.54) is 9.79 Å².